The van der Waals surface area contributed by atoms with Crippen LogP contribution in [0.15, 0.2) is 0 Å². The molecule has 51 heavy (non-hydrogen) atoms. The Morgan fingerprint density at radius 3 is 1.10 bits per heavy atom. The quantitative estimate of drug-likeness (QED) is 0.0500. The molecule has 6 heteroatoms. The summed E-state index contributed by atoms with van der Waals surface area (Å²) in [6, 6.07) is 0. The molecule has 1 unspecified atom stereocenters. The zero-order valence-corrected chi connectivity index (χ0v) is 34.8. The Labute approximate surface area is 318 Å². The van der Waals surface area contributed by atoms with Crippen LogP contribution in [-0.2, 0) is 19.1 Å². The van der Waals surface area contributed by atoms with Crippen LogP contribution < -0.4 is 0 Å². The Kier molecular flexibility index (Phi) is 39.2. The SMILES string of the molecule is CCCCCCCCCC(CCCCCC)COC(=O)CCCN(CCCCO)CCCC(=O)OC[C@@H](CCCCCC)CCCCCCCC. The molecule has 0 aromatic carbocycles. The minimum Gasteiger partial charge on any atom is -0.465 e. The van der Waals surface area contributed by atoms with Crippen molar-refractivity contribution in [1.29, 1.82) is 0 Å². The van der Waals surface area contributed by atoms with Gasteiger partial charge in [0.05, 0.1) is 13.2 Å². The van der Waals surface area contributed by atoms with E-state index in [1.54, 1.807) is 0 Å². The lowest BCUT2D eigenvalue weighted by Crippen LogP contribution is -2.28. The average Bonchev–Trinajstić information content (AvgIpc) is 3.13. The predicted octanol–water partition coefficient (Wildman–Crippen LogP) is 12.8. The van der Waals surface area contributed by atoms with Crippen molar-refractivity contribution in [1.82, 2.24) is 4.90 Å². The zero-order valence-electron chi connectivity index (χ0n) is 34.8. The van der Waals surface area contributed by atoms with E-state index in [9.17, 15) is 14.7 Å². The molecule has 1 N–H and O–H groups in total. The van der Waals surface area contributed by atoms with Crippen LogP contribution in [-0.4, -0.2) is 61.4 Å². The van der Waals surface area contributed by atoms with Gasteiger partial charge in [0.25, 0.3) is 0 Å². The molecule has 0 aliphatic rings. The summed E-state index contributed by atoms with van der Waals surface area (Å²) in [5.41, 5.74) is 0. The summed E-state index contributed by atoms with van der Waals surface area (Å²) in [5, 5.41) is 9.32. The van der Waals surface area contributed by atoms with Crippen molar-refractivity contribution >= 4 is 11.9 Å². The van der Waals surface area contributed by atoms with Gasteiger partial charge < -0.3 is 19.5 Å². The first-order valence-corrected chi connectivity index (χ1v) is 22.6. The second-order valence-corrected chi connectivity index (χ2v) is 15.7. The van der Waals surface area contributed by atoms with E-state index in [0.29, 0.717) is 37.9 Å². The molecule has 0 aromatic heterocycles. The van der Waals surface area contributed by atoms with E-state index in [1.165, 1.54) is 161 Å². The van der Waals surface area contributed by atoms with Crippen molar-refractivity contribution in [2.75, 3.05) is 39.5 Å². The van der Waals surface area contributed by atoms with Gasteiger partial charge in [0.2, 0.25) is 0 Å². The number of hydrogen-bond donors (Lipinski definition) is 1. The maximum absolute atomic E-state index is 12.8. The van der Waals surface area contributed by atoms with Crippen molar-refractivity contribution in [3.05, 3.63) is 0 Å². The van der Waals surface area contributed by atoms with Gasteiger partial charge in [-0.3, -0.25) is 9.59 Å². The molecule has 0 bridgehead atoms. The molecule has 0 fully saturated rings. The maximum Gasteiger partial charge on any atom is 0.305 e. The number of aliphatic hydroxyl groups excluding tert-OH is 1. The highest BCUT2D eigenvalue weighted by molar-refractivity contribution is 5.69. The number of esters is 2. The minimum atomic E-state index is -0.0730. The van der Waals surface area contributed by atoms with Crippen LogP contribution in [0, 0.1) is 11.8 Å². The topological polar surface area (TPSA) is 76.1 Å². The number of nitrogens with zero attached hydrogens (tertiary/aromatic N) is 1. The van der Waals surface area contributed by atoms with E-state index in [0.717, 1.165) is 45.3 Å². The summed E-state index contributed by atoms with van der Waals surface area (Å²) in [5.74, 6) is 0.833. The second-order valence-electron chi connectivity index (χ2n) is 15.7. The predicted molar refractivity (Wildman–Crippen MR) is 218 cm³/mol. The van der Waals surface area contributed by atoms with Crippen LogP contribution in [0.2, 0.25) is 0 Å². The molecule has 0 aliphatic carbocycles. The van der Waals surface area contributed by atoms with Gasteiger partial charge in [-0.2, -0.15) is 0 Å². The van der Waals surface area contributed by atoms with Gasteiger partial charge >= 0.3 is 11.9 Å². The Morgan fingerprint density at radius 2 is 0.745 bits per heavy atom. The van der Waals surface area contributed by atoms with E-state index < -0.39 is 0 Å². The van der Waals surface area contributed by atoms with Gasteiger partial charge in [0, 0.05) is 19.4 Å². The Hall–Kier alpha value is -1.14. The molecule has 0 heterocycles. The molecule has 0 spiro atoms. The van der Waals surface area contributed by atoms with Crippen LogP contribution in [0.4, 0.5) is 0 Å². The van der Waals surface area contributed by atoms with E-state index in [4.69, 9.17) is 9.47 Å². The summed E-state index contributed by atoms with van der Waals surface area (Å²) in [7, 11) is 0. The Morgan fingerprint density at radius 1 is 0.431 bits per heavy atom. The lowest BCUT2D eigenvalue weighted by atomic mass is 9.95. The fourth-order valence-corrected chi connectivity index (χ4v) is 7.19. The fraction of sp³-hybridized carbons (Fsp3) is 0.956. The smallest absolute Gasteiger partial charge is 0.305 e. The number of ether oxygens (including phenoxy) is 2. The third-order valence-electron chi connectivity index (χ3n) is 10.7. The number of rotatable bonds is 41. The lowest BCUT2D eigenvalue weighted by Gasteiger charge is -2.22. The van der Waals surface area contributed by atoms with Gasteiger partial charge in [-0.15, -0.1) is 0 Å². The molecule has 0 rings (SSSR count). The molecule has 0 radical (unpaired) electrons. The van der Waals surface area contributed by atoms with Crippen LogP contribution in [0.1, 0.15) is 227 Å². The van der Waals surface area contributed by atoms with Crippen LogP contribution in [0.5, 0.6) is 0 Å². The molecule has 0 aliphatic heterocycles. The van der Waals surface area contributed by atoms with E-state index >= 15 is 0 Å². The van der Waals surface area contributed by atoms with Gasteiger partial charge in [-0.1, -0.05) is 163 Å². The van der Waals surface area contributed by atoms with Crippen molar-refractivity contribution in [2.45, 2.75) is 227 Å². The summed E-state index contributed by atoms with van der Waals surface area (Å²) >= 11 is 0. The van der Waals surface area contributed by atoms with Crippen molar-refractivity contribution in [3.8, 4) is 0 Å². The standard InChI is InChI=1S/C45H89NO5/c1-5-9-13-17-19-21-25-33-43(31-23-16-12-8-4)41-51-45(49)35-29-38-46(36-26-27-39-47)37-28-34-44(48)50-40-42(30-22-15-11-7-3)32-24-20-18-14-10-6-2/h42-43,47H,5-41H2,1-4H3/t42-,43?/m0/s1. The Bertz CT molecular complexity index is 731. The molecule has 2 atom stereocenters. The molecule has 304 valence electrons. The third-order valence-corrected chi connectivity index (χ3v) is 10.7. The normalized spacial score (nSPS) is 12.7. The first-order valence-electron chi connectivity index (χ1n) is 22.6. The monoisotopic (exact) mass is 724 g/mol. The second kappa shape index (κ2) is 40.1. The molecular weight excluding hydrogens is 634 g/mol. The number of carbonyl (C=O) groups is 2. The van der Waals surface area contributed by atoms with Gasteiger partial charge in [0.15, 0.2) is 0 Å². The first kappa shape index (κ1) is 49.9. The van der Waals surface area contributed by atoms with E-state index in [1.807, 2.05) is 0 Å². The fourth-order valence-electron chi connectivity index (χ4n) is 7.19. The number of carbonyl (C=O) groups excluding carboxylic acids is 2. The minimum absolute atomic E-state index is 0.0720. The van der Waals surface area contributed by atoms with Crippen molar-refractivity contribution < 1.29 is 24.2 Å². The first-order chi connectivity index (χ1) is 25.0. The number of aliphatic hydroxyl groups is 1. The zero-order chi connectivity index (χ0) is 37.5. The third kappa shape index (κ3) is 35.6. The number of unbranched alkanes of at least 4 members (excludes halogenated alkanes) is 18. The molecule has 0 aromatic rings. The van der Waals surface area contributed by atoms with Gasteiger partial charge in [-0.05, 0) is 82.8 Å². The average molecular weight is 724 g/mol. The van der Waals surface area contributed by atoms with Crippen LogP contribution >= 0.6 is 0 Å². The maximum atomic E-state index is 12.8. The van der Waals surface area contributed by atoms with Crippen LogP contribution in [0.3, 0.4) is 0 Å². The van der Waals surface area contributed by atoms with Gasteiger partial charge in [0.1, 0.15) is 0 Å². The summed E-state index contributed by atoms with van der Waals surface area (Å²) in [6.07, 6.45) is 35.9. The Balaban J connectivity index is 4.60. The highest BCUT2D eigenvalue weighted by atomic mass is 16.5. The molecular formula is C45H89NO5. The number of hydrogen-bond acceptors (Lipinski definition) is 6. The van der Waals surface area contributed by atoms with E-state index in [-0.39, 0.29) is 18.5 Å². The molecule has 0 saturated heterocycles. The molecule has 0 amide bonds. The van der Waals surface area contributed by atoms with Gasteiger partial charge in [-0.25, -0.2) is 0 Å². The van der Waals surface area contributed by atoms with Crippen LogP contribution in [0.25, 0.3) is 0 Å². The molecule has 6 nitrogen and oxygen atoms in total. The van der Waals surface area contributed by atoms with Crippen molar-refractivity contribution in [3.63, 3.8) is 0 Å². The van der Waals surface area contributed by atoms with Crippen molar-refractivity contribution in [2.24, 2.45) is 11.8 Å². The molecule has 0 saturated carbocycles. The summed E-state index contributed by atoms with van der Waals surface area (Å²) < 4.78 is 11.7. The summed E-state index contributed by atoms with van der Waals surface area (Å²) in [4.78, 5) is 27.9. The van der Waals surface area contributed by atoms with E-state index in [2.05, 4.69) is 32.6 Å². The highest BCUT2D eigenvalue weighted by Crippen LogP contribution is 2.21. The highest BCUT2D eigenvalue weighted by Gasteiger charge is 2.15. The lowest BCUT2D eigenvalue weighted by molar-refractivity contribution is -0.146. The largest absolute Gasteiger partial charge is 0.465 e. The summed E-state index contributed by atoms with van der Waals surface area (Å²) in [6.45, 7) is 12.9.